The fourth-order valence-corrected chi connectivity index (χ4v) is 6.19. The number of hydrogen-bond acceptors (Lipinski definition) is 7. The molecule has 11 heteroatoms. The highest BCUT2D eigenvalue weighted by Gasteiger charge is 2.34. The van der Waals surface area contributed by atoms with E-state index in [0.717, 1.165) is 14.9 Å². The first-order valence-electron chi connectivity index (χ1n) is 10.2. The van der Waals surface area contributed by atoms with Crippen LogP contribution in [0.5, 0.6) is 0 Å². The second-order valence-electron chi connectivity index (χ2n) is 8.42. The Hall–Kier alpha value is -2.69. The molecule has 2 aromatic heterocycles. The molecule has 1 aliphatic heterocycles. The molecule has 174 valence electrons. The van der Waals surface area contributed by atoms with Crippen LogP contribution in [0.15, 0.2) is 53.4 Å². The minimum absolute atomic E-state index is 0.107. The second kappa shape index (κ2) is 8.92. The van der Waals surface area contributed by atoms with Gasteiger partial charge in [-0.2, -0.15) is 4.31 Å². The van der Waals surface area contributed by atoms with Crippen LogP contribution in [0.25, 0.3) is 0 Å². The van der Waals surface area contributed by atoms with Gasteiger partial charge in [-0.05, 0) is 45.0 Å². The molecule has 0 unspecified atom stereocenters. The second-order valence-corrected chi connectivity index (χ2v) is 11.7. The highest BCUT2D eigenvalue weighted by Crippen LogP contribution is 2.38. The van der Waals surface area contributed by atoms with Crippen LogP contribution in [0.1, 0.15) is 31.3 Å². The monoisotopic (exact) mass is 506 g/mol. The highest BCUT2D eigenvalue weighted by atomic mass is 35.5. The van der Waals surface area contributed by atoms with Gasteiger partial charge in [0.1, 0.15) is 10.8 Å². The van der Waals surface area contributed by atoms with Crippen LogP contribution < -0.4 is 4.31 Å². The summed E-state index contributed by atoms with van der Waals surface area (Å²) >= 11 is 7.28. The lowest BCUT2D eigenvalue weighted by Crippen LogP contribution is -2.39. The normalized spacial score (nSPS) is 14.0. The van der Waals surface area contributed by atoms with Gasteiger partial charge in [-0.1, -0.05) is 47.2 Å². The van der Waals surface area contributed by atoms with Crippen molar-refractivity contribution in [2.24, 2.45) is 0 Å². The molecule has 0 aliphatic carbocycles. The molecule has 0 saturated heterocycles. The quantitative estimate of drug-likeness (QED) is 0.462. The summed E-state index contributed by atoms with van der Waals surface area (Å²) in [6.07, 6.45) is 0.0844. The van der Waals surface area contributed by atoms with Crippen molar-refractivity contribution in [2.45, 2.75) is 44.2 Å². The molecule has 33 heavy (non-hydrogen) atoms. The van der Waals surface area contributed by atoms with E-state index < -0.39 is 21.7 Å². The highest BCUT2D eigenvalue weighted by molar-refractivity contribution is 7.93. The Morgan fingerprint density at radius 3 is 2.52 bits per heavy atom. The SMILES string of the molecule is CC(C)(C)OC(=O)N1CCc2nc(N(c3cccc(Cl)n3)S(=O)(=O)c3ccccc3)sc2C1. The van der Waals surface area contributed by atoms with Crippen LogP contribution in [0.2, 0.25) is 5.15 Å². The number of rotatable bonds is 4. The van der Waals surface area contributed by atoms with E-state index in [2.05, 4.69) is 9.97 Å². The van der Waals surface area contributed by atoms with Crippen molar-refractivity contribution in [1.29, 1.82) is 0 Å². The summed E-state index contributed by atoms with van der Waals surface area (Å²) in [7, 11) is -4.02. The number of halogens is 1. The molecule has 3 aromatic rings. The summed E-state index contributed by atoms with van der Waals surface area (Å²) in [6, 6.07) is 12.9. The fourth-order valence-electron chi connectivity index (χ4n) is 3.28. The summed E-state index contributed by atoms with van der Waals surface area (Å²) in [5.41, 5.74) is 0.153. The number of fused-ring (bicyclic) bond motifs is 1. The van der Waals surface area contributed by atoms with Gasteiger partial charge in [-0.15, -0.1) is 0 Å². The van der Waals surface area contributed by atoms with Gasteiger partial charge in [0.25, 0.3) is 10.0 Å². The van der Waals surface area contributed by atoms with Crippen molar-refractivity contribution in [3.63, 3.8) is 0 Å². The van der Waals surface area contributed by atoms with Crippen molar-refractivity contribution >= 4 is 50.0 Å². The van der Waals surface area contributed by atoms with Gasteiger partial charge >= 0.3 is 6.09 Å². The first kappa shape index (κ1) is 23.5. The average Bonchev–Trinajstić information content (AvgIpc) is 3.15. The number of aromatic nitrogens is 2. The van der Waals surface area contributed by atoms with Crippen LogP contribution in [-0.2, 0) is 27.7 Å². The summed E-state index contributed by atoms with van der Waals surface area (Å²) in [4.78, 5) is 23.9. The zero-order valence-corrected chi connectivity index (χ0v) is 20.7. The minimum atomic E-state index is -4.02. The Morgan fingerprint density at radius 2 is 1.85 bits per heavy atom. The lowest BCUT2D eigenvalue weighted by atomic mass is 10.2. The molecule has 0 saturated carbocycles. The summed E-state index contributed by atoms with van der Waals surface area (Å²) < 4.78 is 33.8. The first-order valence-corrected chi connectivity index (χ1v) is 12.9. The van der Waals surface area contributed by atoms with E-state index in [1.807, 2.05) is 20.8 Å². The Bertz CT molecular complexity index is 1270. The van der Waals surface area contributed by atoms with Crippen LogP contribution in [0.3, 0.4) is 0 Å². The predicted molar refractivity (Wildman–Crippen MR) is 127 cm³/mol. The minimum Gasteiger partial charge on any atom is -0.444 e. The Morgan fingerprint density at radius 1 is 1.12 bits per heavy atom. The van der Waals surface area contributed by atoms with E-state index in [0.29, 0.717) is 19.5 Å². The van der Waals surface area contributed by atoms with Gasteiger partial charge in [-0.3, -0.25) is 0 Å². The van der Waals surface area contributed by atoms with Gasteiger partial charge < -0.3 is 9.64 Å². The average molecular weight is 507 g/mol. The Kier molecular flexibility index (Phi) is 6.35. The van der Waals surface area contributed by atoms with Gasteiger partial charge in [0, 0.05) is 17.8 Å². The number of amides is 1. The van der Waals surface area contributed by atoms with E-state index in [-0.39, 0.29) is 21.0 Å². The number of ether oxygens (including phenoxy) is 1. The van der Waals surface area contributed by atoms with E-state index in [4.69, 9.17) is 16.3 Å². The van der Waals surface area contributed by atoms with E-state index in [9.17, 15) is 13.2 Å². The van der Waals surface area contributed by atoms with E-state index in [1.165, 1.54) is 23.5 Å². The van der Waals surface area contributed by atoms with Crippen LogP contribution >= 0.6 is 22.9 Å². The van der Waals surface area contributed by atoms with E-state index in [1.54, 1.807) is 41.3 Å². The molecule has 0 spiro atoms. The molecule has 0 N–H and O–H groups in total. The lowest BCUT2D eigenvalue weighted by molar-refractivity contribution is 0.0225. The lowest BCUT2D eigenvalue weighted by Gasteiger charge is -2.29. The number of carbonyl (C=O) groups excluding carboxylic acids is 1. The zero-order valence-electron chi connectivity index (χ0n) is 18.4. The fraction of sp³-hybridized carbons (Fsp3) is 0.318. The van der Waals surface area contributed by atoms with E-state index >= 15 is 0 Å². The molecule has 0 radical (unpaired) electrons. The molecule has 0 bridgehead atoms. The van der Waals surface area contributed by atoms with Crippen molar-refractivity contribution in [3.8, 4) is 0 Å². The summed E-state index contributed by atoms with van der Waals surface area (Å²) in [6.45, 7) is 6.18. The van der Waals surface area contributed by atoms with Crippen LogP contribution in [-0.4, -0.2) is 41.5 Å². The largest absolute Gasteiger partial charge is 0.444 e. The van der Waals surface area contributed by atoms with Crippen molar-refractivity contribution in [1.82, 2.24) is 14.9 Å². The van der Waals surface area contributed by atoms with Crippen molar-refractivity contribution < 1.29 is 17.9 Å². The van der Waals surface area contributed by atoms with Crippen LogP contribution in [0.4, 0.5) is 15.7 Å². The third kappa shape index (κ3) is 5.13. The number of anilines is 2. The van der Waals surface area contributed by atoms with Gasteiger partial charge in [0.2, 0.25) is 5.13 Å². The molecule has 1 aliphatic rings. The topological polar surface area (TPSA) is 92.7 Å². The standard InChI is InChI=1S/C22H23ClN4O4S2/c1-22(2,3)31-21(28)26-13-12-16-17(14-26)32-20(24-16)27(19-11-7-10-18(23)25-19)33(29,30)15-8-5-4-6-9-15/h4-11H,12-14H2,1-3H3. The third-order valence-electron chi connectivity index (χ3n) is 4.74. The molecular weight excluding hydrogens is 484 g/mol. The summed E-state index contributed by atoms with van der Waals surface area (Å²) in [5, 5.41) is 0.405. The zero-order chi connectivity index (χ0) is 23.8. The first-order chi connectivity index (χ1) is 15.5. The van der Waals surface area contributed by atoms with Gasteiger partial charge in [0.05, 0.1) is 17.1 Å². The maximum absolute atomic E-state index is 13.6. The number of sulfonamides is 1. The number of pyridine rings is 1. The number of thiazole rings is 1. The van der Waals surface area contributed by atoms with Crippen molar-refractivity contribution in [3.05, 3.63) is 64.3 Å². The molecule has 3 heterocycles. The number of hydrogen-bond donors (Lipinski definition) is 0. The molecule has 1 amide bonds. The smallest absolute Gasteiger partial charge is 0.410 e. The van der Waals surface area contributed by atoms with Crippen LogP contribution in [0, 0.1) is 0 Å². The predicted octanol–water partition coefficient (Wildman–Crippen LogP) is 5.01. The molecule has 4 rings (SSSR count). The van der Waals surface area contributed by atoms with Gasteiger partial charge in [-0.25, -0.2) is 23.2 Å². The Balaban J connectivity index is 1.73. The molecule has 1 aromatic carbocycles. The van der Waals surface area contributed by atoms with Crippen molar-refractivity contribution in [2.75, 3.05) is 10.8 Å². The molecule has 8 nitrogen and oxygen atoms in total. The molecular formula is C22H23ClN4O4S2. The number of carbonyl (C=O) groups is 1. The molecule has 0 fully saturated rings. The third-order valence-corrected chi connectivity index (χ3v) is 7.84. The number of nitrogens with zero attached hydrogens (tertiary/aromatic N) is 4. The van der Waals surface area contributed by atoms with Gasteiger partial charge in [0.15, 0.2) is 5.82 Å². The summed E-state index contributed by atoms with van der Waals surface area (Å²) in [5.74, 6) is 0.140. The number of benzene rings is 1. The maximum Gasteiger partial charge on any atom is 0.410 e. The maximum atomic E-state index is 13.6. The molecule has 0 atom stereocenters. The Labute approximate surface area is 201 Å².